The summed E-state index contributed by atoms with van der Waals surface area (Å²) in [5.74, 6) is 0.494. The summed E-state index contributed by atoms with van der Waals surface area (Å²) in [6.45, 7) is 4.66. The van der Waals surface area contributed by atoms with E-state index >= 15 is 0 Å². The van der Waals surface area contributed by atoms with Crippen LogP contribution in [0.4, 0.5) is 0 Å². The van der Waals surface area contributed by atoms with Crippen LogP contribution in [0.2, 0.25) is 0 Å². The molecule has 2 aliphatic heterocycles. The molecular weight excluding hydrogens is 262 g/mol. The maximum atomic E-state index is 12.7. The molecule has 0 spiro atoms. The Hall–Kier alpha value is -0.170. The summed E-state index contributed by atoms with van der Waals surface area (Å²) in [6.07, 6.45) is 6.06. The highest BCUT2D eigenvalue weighted by atomic mass is 32.2. The van der Waals surface area contributed by atoms with Crippen LogP contribution >= 0.6 is 0 Å². The minimum Gasteiger partial charge on any atom is -0.330 e. The molecule has 2 rings (SSSR count). The average molecular weight is 289 g/mol. The third kappa shape index (κ3) is 3.48. The molecule has 2 heterocycles. The molecule has 0 aliphatic carbocycles. The van der Waals surface area contributed by atoms with Crippen LogP contribution in [0.5, 0.6) is 0 Å². The van der Waals surface area contributed by atoms with Gasteiger partial charge in [-0.25, -0.2) is 0 Å². The molecule has 2 saturated heterocycles. The highest BCUT2D eigenvalue weighted by Gasteiger charge is 2.35. The van der Waals surface area contributed by atoms with Gasteiger partial charge in [-0.2, -0.15) is 17.0 Å². The fourth-order valence-electron chi connectivity index (χ4n) is 3.12. The number of rotatable bonds is 3. The average Bonchev–Trinajstić information content (AvgIpc) is 2.64. The van der Waals surface area contributed by atoms with Gasteiger partial charge in [-0.15, -0.1) is 0 Å². The van der Waals surface area contributed by atoms with Crippen LogP contribution in [-0.2, 0) is 10.2 Å². The van der Waals surface area contributed by atoms with E-state index in [2.05, 4.69) is 0 Å². The van der Waals surface area contributed by atoms with E-state index in [9.17, 15) is 8.42 Å². The normalized spacial score (nSPS) is 29.3. The number of nitrogens with zero attached hydrogens (tertiary/aromatic N) is 2. The first-order valence-electron chi connectivity index (χ1n) is 7.52. The molecule has 0 saturated carbocycles. The van der Waals surface area contributed by atoms with E-state index < -0.39 is 10.2 Å². The first kappa shape index (κ1) is 15.2. The molecule has 0 aromatic carbocycles. The lowest BCUT2D eigenvalue weighted by atomic mass is 9.99. The zero-order chi connectivity index (χ0) is 13.9. The summed E-state index contributed by atoms with van der Waals surface area (Å²) < 4.78 is 28.8. The summed E-state index contributed by atoms with van der Waals surface area (Å²) in [5, 5.41) is 0. The fraction of sp³-hybridized carbons (Fsp3) is 1.00. The Bertz CT molecular complexity index is 377. The van der Waals surface area contributed by atoms with Crippen LogP contribution in [-0.4, -0.2) is 49.2 Å². The van der Waals surface area contributed by atoms with Gasteiger partial charge < -0.3 is 5.73 Å². The molecule has 5 nitrogen and oxygen atoms in total. The Morgan fingerprint density at radius 3 is 2.37 bits per heavy atom. The van der Waals surface area contributed by atoms with Crippen LogP contribution in [0.3, 0.4) is 0 Å². The van der Waals surface area contributed by atoms with Gasteiger partial charge >= 0.3 is 0 Å². The first-order valence-corrected chi connectivity index (χ1v) is 8.92. The van der Waals surface area contributed by atoms with Gasteiger partial charge in [0.15, 0.2) is 0 Å². The third-order valence-corrected chi connectivity index (χ3v) is 6.67. The van der Waals surface area contributed by atoms with E-state index in [-0.39, 0.29) is 6.04 Å². The van der Waals surface area contributed by atoms with E-state index in [1.807, 2.05) is 6.92 Å². The van der Waals surface area contributed by atoms with Crippen LogP contribution in [0.1, 0.15) is 45.4 Å². The van der Waals surface area contributed by atoms with E-state index in [1.165, 1.54) is 0 Å². The summed E-state index contributed by atoms with van der Waals surface area (Å²) in [7, 11) is -3.26. The maximum absolute atomic E-state index is 12.7. The van der Waals surface area contributed by atoms with Crippen molar-refractivity contribution >= 4 is 10.2 Å². The van der Waals surface area contributed by atoms with Gasteiger partial charge in [0.05, 0.1) is 0 Å². The van der Waals surface area contributed by atoms with Gasteiger partial charge in [0, 0.05) is 25.7 Å². The highest BCUT2D eigenvalue weighted by Crippen LogP contribution is 2.25. The zero-order valence-corrected chi connectivity index (χ0v) is 12.7. The minimum absolute atomic E-state index is 0.139. The number of hydrogen-bond acceptors (Lipinski definition) is 3. The summed E-state index contributed by atoms with van der Waals surface area (Å²) >= 11 is 0. The molecular formula is C13H27N3O2S. The van der Waals surface area contributed by atoms with Crippen molar-refractivity contribution in [2.24, 2.45) is 11.7 Å². The van der Waals surface area contributed by atoms with E-state index in [4.69, 9.17) is 5.73 Å². The molecule has 0 bridgehead atoms. The van der Waals surface area contributed by atoms with Crippen LogP contribution < -0.4 is 5.73 Å². The van der Waals surface area contributed by atoms with E-state index in [1.54, 1.807) is 8.61 Å². The monoisotopic (exact) mass is 289 g/mol. The van der Waals surface area contributed by atoms with Crippen molar-refractivity contribution in [2.45, 2.75) is 51.5 Å². The number of nitrogens with two attached hydrogens (primary N) is 1. The Balaban J connectivity index is 2.04. The lowest BCUT2D eigenvalue weighted by molar-refractivity contribution is 0.244. The fourth-order valence-corrected chi connectivity index (χ4v) is 5.00. The van der Waals surface area contributed by atoms with E-state index in [0.29, 0.717) is 32.1 Å². The number of piperidine rings is 1. The second-order valence-electron chi connectivity index (χ2n) is 5.89. The Labute approximate surface area is 117 Å². The molecule has 2 N–H and O–H groups in total. The zero-order valence-electron chi connectivity index (χ0n) is 11.9. The molecule has 2 fully saturated rings. The van der Waals surface area contributed by atoms with Crippen LogP contribution in [0.25, 0.3) is 0 Å². The van der Waals surface area contributed by atoms with Crippen molar-refractivity contribution in [2.75, 3.05) is 26.2 Å². The molecule has 1 atom stereocenters. The van der Waals surface area contributed by atoms with Crippen molar-refractivity contribution < 1.29 is 8.42 Å². The molecule has 2 aliphatic rings. The second-order valence-corrected chi connectivity index (χ2v) is 7.78. The van der Waals surface area contributed by atoms with Gasteiger partial charge in [0.25, 0.3) is 10.2 Å². The Kier molecular flexibility index (Phi) is 5.22. The molecule has 1 unspecified atom stereocenters. The summed E-state index contributed by atoms with van der Waals surface area (Å²) in [5.41, 5.74) is 5.66. The van der Waals surface area contributed by atoms with Crippen molar-refractivity contribution in [1.82, 2.24) is 8.61 Å². The van der Waals surface area contributed by atoms with Gasteiger partial charge in [-0.3, -0.25) is 0 Å². The van der Waals surface area contributed by atoms with Crippen LogP contribution in [0, 0.1) is 5.92 Å². The minimum atomic E-state index is -3.26. The second kappa shape index (κ2) is 6.52. The lowest BCUT2D eigenvalue weighted by Gasteiger charge is -2.36. The van der Waals surface area contributed by atoms with Crippen molar-refractivity contribution in [3.05, 3.63) is 0 Å². The molecule has 112 valence electrons. The molecule has 0 radical (unpaired) electrons. The topological polar surface area (TPSA) is 66.6 Å². The first-order chi connectivity index (χ1) is 9.05. The number of hydrogen-bond donors (Lipinski definition) is 1. The molecule has 0 amide bonds. The molecule has 6 heteroatoms. The van der Waals surface area contributed by atoms with Gasteiger partial charge in [-0.1, -0.05) is 12.8 Å². The smallest absolute Gasteiger partial charge is 0.282 e. The molecule has 0 aromatic rings. The standard InChI is InChI=1S/C13H27N3O2S/c1-12-5-3-2-4-8-16(12)19(17,18)15-9-6-13(11-14)7-10-15/h12-13H,2-11,14H2,1H3. The van der Waals surface area contributed by atoms with Crippen molar-refractivity contribution in [3.63, 3.8) is 0 Å². The predicted molar refractivity (Wildman–Crippen MR) is 76.9 cm³/mol. The van der Waals surface area contributed by atoms with Gasteiger partial charge in [0.1, 0.15) is 0 Å². The quantitative estimate of drug-likeness (QED) is 0.848. The van der Waals surface area contributed by atoms with Crippen molar-refractivity contribution in [1.29, 1.82) is 0 Å². The highest BCUT2D eigenvalue weighted by molar-refractivity contribution is 7.86. The SMILES string of the molecule is CC1CCCCCN1S(=O)(=O)N1CCC(CN)CC1. The summed E-state index contributed by atoms with van der Waals surface area (Å²) in [4.78, 5) is 0. The van der Waals surface area contributed by atoms with E-state index in [0.717, 1.165) is 38.5 Å². The molecule has 0 aromatic heterocycles. The maximum Gasteiger partial charge on any atom is 0.282 e. The largest absolute Gasteiger partial charge is 0.330 e. The summed E-state index contributed by atoms with van der Waals surface area (Å²) in [6, 6.07) is 0.139. The third-order valence-electron chi connectivity index (χ3n) is 4.52. The predicted octanol–water partition coefficient (Wildman–Crippen LogP) is 1.17. The van der Waals surface area contributed by atoms with Crippen LogP contribution in [0.15, 0.2) is 0 Å². The van der Waals surface area contributed by atoms with Gasteiger partial charge in [0.2, 0.25) is 0 Å². The molecule has 19 heavy (non-hydrogen) atoms. The van der Waals surface area contributed by atoms with Crippen molar-refractivity contribution in [3.8, 4) is 0 Å². The lowest BCUT2D eigenvalue weighted by Crippen LogP contribution is -2.50. The Morgan fingerprint density at radius 2 is 1.74 bits per heavy atom. The van der Waals surface area contributed by atoms with Gasteiger partial charge in [-0.05, 0) is 45.1 Å². The Morgan fingerprint density at radius 1 is 1.05 bits per heavy atom.